The summed E-state index contributed by atoms with van der Waals surface area (Å²) in [5, 5.41) is 0. The number of ether oxygens (including phenoxy) is 6. The van der Waals surface area contributed by atoms with E-state index in [-0.39, 0.29) is 0 Å². The third-order valence-electron chi connectivity index (χ3n) is 19.8. The molecule has 0 aliphatic carbocycles. The van der Waals surface area contributed by atoms with Gasteiger partial charge in [-0.15, -0.1) is 0 Å². The highest BCUT2D eigenvalue weighted by molar-refractivity contribution is 5.82. The van der Waals surface area contributed by atoms with E-state index in [1.54, 1.807) is 0 Å². The smallest absolute Gasteiger partial charge is 0.153 e. The van der Waals surface area contributed by atoms with Gasteiger partial charge in [0.25, 0.3) is 0 Å². The predicted octanol–water partition coefficient (Wildman–Crippen LogP) is 28.3. The third-order valence-corrected chi connectivity index (χ3v) is 19.8. The summed E-state index contributed by atoms with van der Waals surface area (Å²) in [5.74, 6) is 17.7. The minimum absolute atomic E-state index is 0.471. The van der Waals surface area contributed by atoms with E-state index < -0.39 is 0 Å². The zero-order valence-corrected chi connectivity index (χ0v) is 65.7. The molecule has 0 aromatic heterocycles. The lowest BCUT2D eigenvalue weighted by Gasteiger charge is -2.15. The standard InChI is InChI=1S/C92H150O8/c1-7-13-19-25-31-33-35-37-39-41-43-45-47-49-55-61-67-95-87-73-82(64-66-84-76-92(100-72-60-54-30-24-18-12-6)86(80-94)78-90(84)98-70-58-52-28-22-16-10-4)88(96-68-62-56-50-48-46-44-42-40-38-36-34-32-26-20-14-8-2)74-81(87)63-65-83-75-91(99-71-59-53-29-23-17-11-5)85(79-93)77-89(83)97-69-57-51-27-21-15-9-3/h73-80H,7-62,67-72H2,1-6H3. The number of hydrogen-bond donors (Lipinski definition) is 0. The van der Waals surface area contributed by atoms with E-state index in [2.05, 4.69) is 65.2 Å². The maximum atomic E-state index is 12.8. The highest BCUT2D eigenvalue weighted by atomic mass is 16.5. The van der Waals surface area contributed by atoms with Gasteiger partial charge in [0.05, 0.1) is 73.0 Å². The Bertz CT molecular complexity index is 2390. The number of hydrogen-bond acceptors (Lipinski definition) is 8. The monoisotopic (exact) mass is 1380 g/mol. The molecule has 0 spiro atoms. The van der Waals surface area contributed by atoms with Gasteiger partial charge in [0.1, 0.15) is 34.5 Å². The van der Waals surface area contributed by atoms with Gasteiger partial charge in [0, 0.05) is 24.3 Å². The lowest BCUT2D eigenvalue weighted by atomic mass is 10.0. The van der Waals surface area contributed by atoms with Crippen LogP contribution in [0.1, 0.15) is 444 Å². The van der Waals surface area contributed by atoms with Crippen molar-refractivity contribution in [3.8, 4) is 58.2 Å². The molecule has 0 amide bonds. The minimum atomic E-state index is 0.471. The molecule has 0 saturated heterocycles. The Labute approximate surface area is 616 Å². The second-order valence-electron chi connectivity index (χ2n) is 29.1. The zero-order chi connectivity index (χ0) is 71.5. The van der Waals surface area contributed by atoms with Gasteiger partial charge in [-0.25, -0.2) is 0 Å². The summed E-state index contributed by atoms with van der Waals surface area (Å²) in [6.07, 6.45) is 71.0. The van der Waals surface area contributed by atoms with E-state index in [0.717, 1.165) is 89.6 Å². The Hall–Kier alpha value is -5.08. The molecule has 0 aliphatic heterocycles. The first-order valence-corrected chi connectivity index (χ1v) is 42.7. The van der Waals surface area contributed by atoms with Crippen molar-refractivity contribution in [3.05, 3.63) is 69.8 Å². The molecular formula is C92H150O8. The van der Waals surface area contributed by atoms with E-state index in [1.165, 1.54) is 283 Å². The van der Waals surface area contributed by atoms with Crippen LogP contribution in [0.2, 0.25) is 0 Å². The molecule has 0 aliphatic rings. The van der Waals surface area contributed by atoms with E-state index >= 15 is 0 Å². The molecule has 0 saturated carbocycles. The summed E-state index contributed by atoms with van der Waals surface area (Å²) in [4.78, 5) is 25.6. The van der Waals surface area contributed by atoms with Crippen LogP contribution in [0.4, 0.5) is 0 Å². The Morgan fingerprint density at radius 2 is 0.340 bits per heavy atom. The highest BCUT2D eigenvalue weighted by Crippen LogP contribution is 2.34. The summed E-state index contributed by atoms with van der Waals surface area (Å²) >= 11 is 0. The normalized spacial score (nSPS) is 11.1. The number of aldehydes is 2. The van der Waals surface area contributed by atoms with Gasteiger partial charge in [-0.05, 0) is 50.7 Å². The van der Waals surface area contributed by atoms with Crippen LogP contribution in [0.15, 0.2) is 36.4 Å². The van der Waals surface area contributed by atoms with Gasteiger partial charge in [-0.3, -0.25) is 9.59 Å². The molecule has 8 nitrogen and oxygen atoms in total. The van der Waals surface area contributed by atoms with Crippen LogP contribution >= 0.6 is 0 Å². The fourth-order valence-electron chi connectivity index (χ4n) is 13.2. The van der Waals surface area contributed by atoms with Crippen molar-refractivity contribution in [2.75, 3.05) is 39.6 Å². The van der Waals surface area contributed by atoms with Crippen LogP contribution < -0.4 is 28.4 Å². The van der Waals surface area contributed by atoms with Crippen LogP contribution in [0.3, 0.4) is 0 Å². The van der Waals surface area contributed by atoms with Gasteiger partial charge in [-0.1, -0.05) is 386 Å². The topological polar surface area (TPSA) is 89.5 Å². The summed E-state index contributed by atoms with van der Waals surface area (Å²) < 4.78 is 39.7. The summed E-state index contributed by atoms with van der Waals surface area (Å²) in [7, 11) is 0. The lowest BCUT2D eigenvalue weighted by molar-refractivity contribution is 0.111. The van der Waals surface area contributed by atoms with E-state index in [1.807, 2.05) is 36.4 Å². The largest absolute Gasteiger partial charge is 0.493 e. The maximum absolute atomic E-state index is 12.8. The van der Waals surface area contributed by atoms with Crippen molar-refractivity contribution in [1.82, 2.24) is 0 Å². The van der Waals surface area contributed by atoms with Crippen molar-refractivity contribution in [3.63, 3.8) is 0 Å². The summed E-state index contributed by atoms with van der Waals surface area (Å²) in [6, 6.07) is 11.5. The second-order valence-corrected chi connectivity index (χ2v) is 29.1. The number of carbonyl (C=O) groups is 2. The Balaban J connectivity index is 2.08. The predicted molar refractivity (Wildman–Crippen MR) is 428 cm³/mol. The fraction of sp³-hybridized carbons (Fsp3) is 0.739. The van der Waals surface area contributed by atoms with Crippen molar-refractivity contribution in [1.29, 1.82) is 0 Å². The van der Waals surface area contributed by atoms with Gasteiger partial charge in [0.2, 0.25) is 0 Å². The van der Waals surface area contributed by atoms with Crippen molar-refractivity contribution in [2.45, 2.75) is 401 Å². The molecule has 0 bridgehead atoms. The first-order chi connectivity index (χ1) is 49.5. The molecule has 3 aromatic carbocycles. The Morgan fingerprint density at radius 3 is 0.510 bits per heavy atom. The van der Waals surface area contributed by atoms with Crippen LogP contribution in [-0.2, 0) is 0 Å². The van der Waals surface area contributed by atoms with Gasteiger partial charge >= 0.3 is 0 Å². The SMILES string of the molecule is CCCCCCCCCCCCCCCCCCOc1cc(C#Cc2cc(OCCCCCCCC)c(C=O)cc2OCCCCCCCC)c(OCCCCCCCCCCCCCCCCCC)cc1C#Cc1cc(OCCCCCCCC)c(C=O)cc1OCCCCCCCC. The average Bonchev–Trinajstić information content (AvgIpc) is 0.820. The molecule has 0 fully saturated rings. The van der Waals surface area contributed by atoms with Crippen LogP contribution in [0.25, 0.3) is 0 Å². The molecule has 0 heterocycles. The Kier molecular flexibility index (Phi) is 58.7. The minimum Gasteiger partial charge on any atom is -0.493 e. The molecule has 0 unspecified atom stereocenters. The highest BCUT2D eigenvalue weighted by Gasteiger charge is 2.17. The number of carbonyl (C=O) groups excluding carboxylic acids is 2. The van der Waals surface area contributed by atoms with E-state index in [4.69, 9.17) is 28.4 Å². The number of benzene rings is 3. The third kappa shape index (κ3) is 45.8. The van der Waals surface area contributed by atoms with Crippen LogP contribution in [0, 0.1) is 23.7 Å². The zero-order valence-electron chi connectivity index (χ0n) is 65.7. The Morgan fingerprint density at radius 1 is 0.200 bits per heavy atom. The van der Waals surface area contributed by atoms with Crippen molar-refractivity contribution in [2.24, 2.45) is 0 Å². The second kappa shape index (κ2) is 65.9. The van der Waals surface area contributed by atoms with E-state index in [0.29, 0.717) is 108 Å². The quantitative estimate of drug-likeness (QED) is 0.0314. The average molecular weight is 1380 g/mol. The number of rotatable bonds is 70. The first-order valence-electron chi connectivity index (χ1n) is 42.7. The van der Waals surface area contributed by atoms with Crippen molar-refractivity contribution < 1.29 is 38.0 Å². The molecule has 0 radical (unpaired) electrons. The molecule has 0 N–H and O–H groups in total. The molecule has 8 heteroatoms. The molecular weight excluding hydrogens is 1230 g/mol. The molecule has 3 rings (SSSR count). The summed E-state index contributed by atoms with van der Waals surface area (Å²) in [5.41, 5.74) is 3.67. The first kappa shape index (κ1) is 89.1. The molecule has 3 aromatic rings. The fourth-order valence-corrected chi connectivity index (χ4v) is 13.2. The maximum Gasteiger partial charge on any atom is 0.153 e. The van der Waals surface area contributed by atoms with E-state index in [9.17, 15) is 9.59 Å². The summed E-state index contributed by atoms with van der Waals surface area (Å²) in [6.45, 7) is 16.8. The van der Waals surface area contributed by atoms with Gasteiger partial charge < -0.3 is 28.4 Å². The van der Waals surface area contributed by atoms with Crippen LogP contribution in [-0.4, -0.2) is 52.2 Å². The number of unbranched alkanes of at least 4 members (excludes halogenated alkanes) is 50. The molecule has 566 valence electrons. The van der Waals surface area contributed by atoms with Crippen LogP contribution in [0.5, 0.6) is 34.5 Å². The molecule has 100 heavy (non-hydrogen) atoms. The van der Waals surface area contributed by atoms with Gasteiger partial charge in [-0.2, -0.15) is 0 Å². The molecule has 0 atom stereocenters. The van der Waals surface area contributed by atoms with Crippen molar-refractivity contribution >= 4 is 12.6 Å². The van der Waals surface area contributed by atoms with Gasteiger partial charge in [0.15, 0.2) is 12.6 Å². The lowest BCUT2D eigenvalue weighted by Crippen LogP contribution is -2.05.